The van der Waals surface area contributed by atoms with Crippen LogP contribution in [0.25, 0.3) is 66.1 Å². The maximum absolute atomic E-state index is 2.48. The summed E-state index contributed by atoms with van der Waals surface area (Å²) in [5, 5.41) is 4.84. The van der Waals surface area contributed by atoms with Gasteiger partial charge < -0.3 is 9.80 Å². The van der Waals surface area contributed by atoms with Crippen molar-refractivity contribution < 1.29 is 0 Å². The topological polar surface area (TPSA) is 6.48 Å². The molecule has 0 atom stereocenters. The molecule has 0 radical (unpaired) electrons. The van der Waals surface area contributed by atoms with Crippen LogP contribution in [0.15, 0.2) is 243 Å². The minimum atomic E-state index is 0.908. The monoisotopic (exact) mass is 840 g/mol. The summed E-state index contributed by atoms with van der Waals surface area (Å²) < 4.78 is 0. The summed E-state index contributed by atoms with van der Waals surface area (Å²) in [6, 6.07) is 89.9. The Labute approximate surface area is 385 Å². The highest BCUT2D eigenvalue weighted by molar-refractivity contribution is 6.24. The first-order chi connectivity index (χ1) is 32.8. The van der Waals surface area contributed by atoms with Gasteiger partial charge in [0.25, 0.3) is 0 Å². The first-order valence-electron chi connectivity index (χ1n) is 23.0. The maximum Gasteiger partial charge on any atom is 0.0497 e. The number of fused-ring (bicyclic) bond motifs is 6. The van der Waals surface area contributed by atoms with Crippen molar-refractivity contribution in [3.05, 3.63) is 265 Å². The molecule has 13 rings (SSSR count). The molecule has 0 aliphatic carbocycles. The van der Waals surface area contributed by atoms with Gasteiger partial charge in [-0.15, -0.1) is 0 Å². The molecule has 2 aliphatic heterocycles. The molecule has 11 aromatic carbocycles. The Balaban J connectivity index is 1.18. The van der Waals surface area contributed by atoms with Gasteiger partial charge in [-0.3, -0.25) is 0 Å². The van der Waals surface area contributed by atoms with Crippen LogP contribution in [-0.2, 0) is 12.8 Å². The molecule has 2 nitrogen and oxygen atoms in total. The zero-order valence-electron chi connectivity index (χ0n) is 36.4. The molecule has 66 heavy (non-hydrogen) atoms. The van der Waals surface area contributed by atoms with Gasteiger partial charge in [0.05, 0.1) is 0 Å². The maximum atomic E-state index is 2.48. The summed E-state index contributed by atoms with van der Waals surface area (Å²) >= 11 is 0. The fourth-order valence-corrected chi connectivity index (χ4v) is 10.9. The largest absolute Gasteiger partial charge is 0.310 e. The lowest BCUT2D eigenvalue weighted by Gasteiger charge is -2.34. The third kappa shape index (κ3) is 6.18. The number of para-hydroxylation sites is 4. The molecule has 2 aliphatic rings. The van der Waals surface area contributed by atoms with Crippen LogP contribution in [0.1, 0.15) is 22.3 Å². The number of anilines is 6. The second kappa shape index (κ2) is 15.7. The van der Waals surface area contributed by atoms with Gasteiger partial charge in [0, 0.05) is 47.0 Å². The normalized spacial score (nSPS) is 12.7. The molecule has 0 bridgehead atoms. The summed E-state index contributed by atoms with van der Waals surface area (Å²) in [6.45, 7) is 0. The Bertz CT molecular complexity index is 3330. The van der Waals surface area contributed by atoms with Crippen LogP contribution < -0.4 is 9.80 Å². The van der Waals surface area contributed by atoms with E-state index in [1.54, 1.807) is 0 Å². The van der Waals surface area contributed by atoms with E-state index in [1.165, 1.54) is 111 Å². The predicted octanol–water partition coefficient (Wildman–Crippen LogP) is 17.4. The lowest BCUT2D eigenvalue weighted by Crippen LogP contribution is -2.18. The molecule has 0 aromatic heterocycles. The van der Waals surface area contributed by atoms with E-state index >= 15 is 0 Å². The third-order valence-corrected chi connectivity index (χ3v) is 13.9. The molecule has 0 unspecified atom stereocenters. The molecule has 0 N–H and O–H groups in total. The Morgan fingerprint density at radius 1 is 0.242 bits per heavy atom. The van der Waals surface area contributed by atoms with Gasteiger partial charge in [0.1, 0.15) is 0 Å². The van der Waals surface area contributed by atoms with E-state index < -0.39 is 0 Å². The summed E-state index contributed by atoms with van der Waals surface area (Å²) in [4.78, 5) is 4.97. The molecule has 2 heterocycles. The van der Waals surface area contributed by atoms with E-state index in [2.05, 4.69) is 252 Å². The minimum absolute atomic E-state index is 0.908. The van der Waals surface area contributed by atoms with Crippen LogP contribution in [0.4, 0.5) is 34.1 Å². The second-order valence-electron chi connectivity index (χ2n) is 17.6. The first-order valence-corrected chi connectivity index (χ1v) is 23.0. The number of rotatable bonds is 6. The average Bonchev–Trinajstić information content (AvgIpc) is 3.39. The zero-order valence-corrected chi connectivity index (χ0v) is 36.4. The van der Waals surface area contributed by atoms with Gasteiger partial charge in [0.15, 0.2) is 0 Å². The van der Waals surface area contributed by atoms with E-state index in [0.717, 1.165) is 24.2 Å². The number of nitrogens with zero attached hydrogens (tertiary/aromatic N) is 2. The van der Waals surface area contributed by atoms with Crippen molar-refractivity contribution in [2.75, 3.05) is 9.80 Å². The highest BCUT2D eigenvalue weighted by Crippen LogP contribution is 2.53. The van der Waals surface area contributed by atoms with Crippen molar-refractivity contribution in [2.24, 2.45) is 0 Å². The number of hydrogen-bond donors (Lipinski definition) is 0. The summed E-state index contributed by atoms with van der Waals surface area (Å²) in [6.07, 6.45) is 1.82. The van der Waals surface area contributed by atoms with E-state index in [-0.39, 0.29) is 0 Å². The molecule has 310 valence electrons. The van der Waals surface area contributed by atoms with Crippen LogP contribution in [-0.4, -0.2) is 0 Å². The van der Waals surface area contributed by atoms with Gasteiger partial charge in [-0.2, -0.15) is 0 Å². The van der Waals surface area contributed by atoms with E-state index in [1.807, 2.05) is 0 Å². The van der Waals surface area contributed by atoms with Crippen molar-refractivity contribution in [1.82, 2.24) is 0 Å². The Morgan fingerprint density at radius 3 is 0.909 bits per heavy atom. The standard InChI is InChI=1S/C64H44N2/c1-3-19-43(20-4-1)51-27-11-13-29-53(51)63-55-37-35-50(66-61-33-17-9-25-47(61)40-48-26-10-18-34-62(48)66)42-58(55)64(54-30-14-12-28-52(54)44-21-5-2-6-22-44)56-38-36-49(41-57(56)63)65-59-31-15-7-23-45(59)39-46-24-8-16-32-60(46)65/h1-38,41-42H,39-40H2. The molecule has 0 fully saturated rings. The molecule has 0 amide bonds. The van der Waals surface area contributed by atoms with Crippen LogP contribution >= 0.6 is 0 Å². The van der Waals surface area contributed by atoms with Crippen LogP contribution in [0.2, 0.25) is 0 Å². The Morgan fingerprint density at radius 2 is 0.545 bits per heavy atom. The van der Waals surface area contributed by atoms with Gasteiger partial charge in [-0.25, -0.2) is 0 Å². The van der Waals surface area contributed by atoms with Crippen molar-refractivity contribution in [3.63, 3.8) is 0 Å². The van der Waals surface area contributed by atoms with Gasteiger partial charge in [0.2, 0.25) is 0 Å². The van der Waals surface area contributed by atoms with Crippen molar-refractivity contribution in [2.45, 2.75) is 12.8 Å². The highest BCUT2D eigenvalue weighted by Gasteiger charge is 2.28. The summed E-state index contributed by atoms with van der Waals surface area (Å²) in [5.41, 5.74) is 22.2. The Kier molecular flexibility index (Phi) is 9.02. The Hall–Kier alpha value is -8.46. The van der Waals surface area contributed by atoms with Gasteiger partial charge in [-0.1, -0.05) is 194 Å². The fourth-order valence-electron chi connectivity index (χ4n) is 10.9. The third-order valence-electron chi connectivity index (χ3n) is 13.9. The SMILES string of the molecule is c1ccc(-c2ccccc2-c2c3ccc(N4c5ccccc5Cc5ccccc54)cc3c(-c3ccccc3-c3ccccc3)c3ccc(N4c5ccccc5Cc5ccccc54)cc23)cc1. The van der Waals surface area contributed by atoms with Gasteiger partial charge >= 0.3 is 0 Å². The second-order valence-corrected chi connectivity index (χ2v) is 17.6. The molecule has 11 aromatic rings. The van der Waals surface area contributed by atoms with Crippen molar-refractivity contribution in [3.8, 4) is 44.5 Å². The van der Waals surface area contributed by atoms with E-state index in [4.69, 9.17) is 0 Å². The van der Waals surface area contributed by atoms with Crippen molar-refractivity contribution >= 4 is 55.7 Å². The molecular formula is C64H44N2. The predicted molar refractivity (Wildman–Crippen MR) is 278 cm³/mol. The minimum Gasteiger partial charge on any atom is -0.310 e. The van der Waals surface area contributed by atoms with E-state index in [9.17, 15) is 0 Å². The lowest BCUT2D eigenvalue weighted by molar-refractivity contribution is 1.09. The lowest BCUT2D eigenvalue weighted by atomic mass is 9.81. The summed E-state index contributed by atoms with van der Waals surface area (Å²) in [7, 11) is 0. The smallest absolute Gasteiger partial charge is 0.0497 e. The molecular weight excluding hydrogens is 797 g/mol. The fraction of sp³-hybridized carbons (Fsp3) is 0.0312. The molecule has 0 spiro atoms. The van der Waals surface area contributed by atoms with Crippen LogP contribution in [0.5, 0.6) is 0 Å². The summed E-state index contributed by atoms with van der Waals surface area (Å²) in [5.74, 6) is 0. The quantitative estimate of drug-likeness (QED) is 0.154. The first kappa shape index (κ1) is 38.0. The van der Waals surface area contributed by atoms with Crippen LogP contribution in [0.3, 0.4) is 0 Å². The average molecular weight is 841 g/mol. The van der Waals surface area contributed by atoms with E-state index in [0.29, 0.717) is 0 Å². The number of hydrogen-bond acceptors (Lipinski definition) is 2. The zero-order chi connectivity index (χ0) is 43.6. The number of benzene rings is 11. The molecule has 0 saturated carbocycles. The van der Waals surface area contributed by atoms with Crippen molar-refractivity contribution in [1.29, 1.82) is 0 Å². The molecule has 0 saturated heterocycles. The van der Waals surface area contributed by atoms with Crippen LogP contribution in [0, 0.1) is 0 Å². The van der Waals surface area contributed by atoms with Gasteiger partial charge in [-0.05, 0) is 137 Å². The molecule has 2 heteroatoms. The highest BCUT2D eigenvalue weighted by atomic mass is 15.2.